The van der Waals surface area contributed by atoms with Crippen LogP contribution in [0, 0.1) is 5.41 Å². The van der Waals surface area contributed by atoms with Crippen molar-refractivity contribution in [3.8, 4) is 0 Å². The highest BCUT2D eigenvalue weighted by atomic mass is 19.4. The van der Waals surface area contributed by atoms with Gasteiger partial charge in [-0.25, -0.2) is 4.79 Å². The zero-order valence-corrected chi connectivity index (χ0v) is 11.4. The summed E-state index contributed by atoms with van der Waals surface area (Å²) in [5.41, 5.74) is 1.65. The number of nitrogens with one attached hydrogen (secondary N) is 2. The number of hydrogen-bond donors (Lipinski definition) is 2. The Balaban J connectivity index is 2.72. The minimum atomic E-state index is -4.40. The van der Waals surface area contributed by atoms with Gasteiger partial charge in [0.2, 0.25) is 0 Å². The van der Waals surface area contributed by atoms with Gasteiger partial charge in [-0.1, -0.05) is 0 Å². The smallest absolute Gasteiger partial charge is 0.416 e. The van der Waals surface area contributed by atoms with Crippen molar-refractivity contribution in [2.24, 2.45) is 5.10 Å². The topological polar surface area (TPSA) is 74.5 Å². The maximum Gasteiger partial charge on any atom is 0.416 e. The molecule has 1 rings (SSSR count). The number of carbonyl (C=O) groups is 1. The monoisotopic (exact) mass is 301 g/mol. The molecule has 0 aliphatic rings. The fraction of sp³-hybridized carbons (Fsp3) is 0.308. The van der Waals surface area contributed by atoms with Crippen molar-refractivity contribution >= 4 is 23.1 Å². The molecule has 1 aromatic carbocycles. The molecule has 0 aliphatic heterocycles. The first kappa shape index (κ1) is 16.7. The molecule has 114 valence electrons. The molecular formula is C13H14F3N3O2. The number of rotatable bonds is 5. The van der Waals surface area contributed by atoms with E-state index >= 15 is 0 Å². The van der Waals surface area contributed by atoms with E-state index in [4.69, 9.17) is 5.41 Å². The number of benzene rings is 1. The van der Waals surface area contributed by atoms with E-state index in [2.05, 4.69) is 15.3 Å². The van der Waals surface area contributed by atoms with Gasteiger partial charge in [-0.2, -0.15) is 18.3 Å². The standard InChI is InChI=1S/C13H14F3N3O2/c1-3-21-12(20)11(17)8(2)18-19-10-6-4-9(5-7-10)13(14,15)16/h4-7,17,19H,3H2,1-2H3/b17-11?,18-8-. The number of ether oxygens (including phenoxy) is 1. The van der Waals surface area contributed by atoms with E-state index in [0.29, 0.717) is 5.69 Å². The molecule has 0 aliphatic carbocycles. The van der Waals surface area contributed by atoms with E-state index in [1.165, 1.54) is 19.1 Å². The van der Waals surface area contributed by atoms with Crippen LogP contribution in [-0.2, 0) is 15.7 Å². The van der Waals surface area contributed by atoms with Gasteiger partial charge in [0.15, 0.2) is 5.71 Å². The van der Waals surface area contributed by atoms with E-state index in [1.807, 2.05) is 0 Å². The first-order valence-electron chi connectivity index (χ1n) is 5.99. The number of alkyl halides is 3. The molecule has 0 atom stereocenters. The predicted molar refractivity (Wildman–Crippen MR) is 72.5 cm³/mol. The molecule has 5 nitrogen and oxygen atoms in total. The molecule has 0 unspecified atom stereocenters. The van der Waals surface area contributed by atoms with Gasteiger partial charge in [0.1, 0.15) is 0 Å². The van der Waals surface area contributed by atoms with Crippen molar-refractivity contribution in [2.45, 2.75) is 20.0 Å². The second kappa shape index (κ2) is 6.87. The summed E-state index contributed by atoms with van der Waals surface area (Å²) in [6.45, 7) is 3.16. The van der Waals surface area contributed by atoms with Crippen LogP contribution in [0.25, 0.3) is 0 Å². The van der Waals surface area contributed by atoms with Gasteiger partial charge >= 0.3 is 12.1 Å². The number of nitrogens with zero attached hydrogens (tertiary/aromatic N) is 1. The van der Waals surface area contributed by atoms with E-state index in [1.54, 1.807) is 6.92 Å². The molecule has 2 N–H and O–H groups in total. The first-order valence-corrected chi connectivity index (χ1v) is 5.99. The molecule has 0 fully saturated rings. The minimum absolute atomic E-state index is 0.0633. The largest absolute Gasteiger partial charge is 0.461 e. The van der Waals surface area contributed by atoms with Gasteiger partial charge in [0, 0.05) is 0 Å². The number of esters is 1. The molecule has 0 heterocycles. The maximum absolute atomic E-state index is 12.4. The summed E-state index contributed by atoms with van der Waals surface area (Å²) in [6, 6.07) is 4.22. The lowest BCUT2D eigenvalue weighted by Gasteiger charge is -2.08. The highest BCUT2D eigenvalue weighted by Gasteiger charge is 2.29. The lowest BCUT2D eigenvalue weighted by atomic mass is 10.2. The Bertz CT molecular complexity index is 551. The van der Waals surface area contributed by atoms with Crippen LogP contribution in [0.1, 0.15) is 19.4 Å². The van der Waals surface area contributed by atoms with Crippen LogP contribution in [0.15, 0.2) is 29.4 Å². The number of hydrazone groups is 1. The fourth-order valence-corrected chi connectivity index (χ4v) is 1.29. The average molecular weight is 301 g/mol. The number of carbonyl (C=O) groups excluding carboxylic acids is 1. The zero-order valence-electron chi connectivity index (χ0n) is 11.4. The van der Waals surface area contributed by atoms with Gasteiger partial charge in [0.25, 0.3) is 0 Å². The van der Waals surface area contributed by atoms with Crippen LogP contribution in [0.3, 0.4) is 0 Å². The number of halogens is 3. The Hall–Kier alpha value is -2.38. The van der Waals surface area contributed by atoms with Crippen LogP contribution in [0.4, 0.5) is 18.9 Å². The van der Waals surface area contributed by atoms with E-state index in [0.717, 1.165) is 12.1 Å². The molecule has 1 aromatic rings. The summed E-state index contributed by atoms with van der Waals surface area (Å²) in [4.78, 5) is 11.3. The van der Waals surface area contributed by atoms with E-state index in [9.17, 15) is 18.0 Å². The first-order chi connectivity index (χ1) is 9.75. The molecule has 0 radical (unpaired) electrons. The number of hydrogen-bond acceptors (Lipinski definition) is 5. The van der Waals surface area contributed by atoms with Gasteiger partial charge < -0.3 is 4.74 Å². The molecular weight excluding hydrogens is 287 g/mol. The van der Waals surface area contributed by atoms with E-state index in [-0.39, 0.29) is 12.3 Å². The van der Waals surface area contributed by atoms with Crippen LogP contribution in [-0.4, -0.2) is 24.0 Å². The summed E-state index contributed by atoms with van der Waals surface area (Å²) in [5.74, 6) is -0.812. The van der Waals surface area contributed by atoms with Crippen molar-refractivity contribution in [3.63, 3.8) is 0 Å². The van der Waals surface area contributed by atoms with Crippen LogP contribution in [0.5, 0.6) is 0 Å². The Morgan fingerprint density at radius 1 is 1.33 bits per heavy atom. The summed E-state index contributed by atoms with van der Waals surface area (Å²) in [6.07, 6.45) is -4.40. The van der Waals surface area contributed by atoms with Crippen molar-refractivity contribution in [3.05, 3.63) is 29.8 Å². The quantitative estimate of drug-likeness (QED) is 0.498. The Morgan fingerprint density at radius 2 is 1.90 bits per heavy atom. The summed E-state index contributed by atoms with van der Waals surface area (Å²) >= 11 is 0. The predicted octanol–water partition coefficient (Wildman–Crippen LogP) is 3.08. The third-order valence-corrected chi connectivity index (χ3v) is 2.41. The van der Waals surface area contributed by atoms with Crippen LogP contribution in [0.2, 0.25) is 0 Å². The SMILES string of the molecule is CCOC(=O)C(=N)/C(C)=N\Nc1ccc(C(F)(F)F)cc1. The third kappa shape index (κ3) is 4.90. The summed E-state index contributed by atoms with van der Waals surface area (Å²) < 4.78 is 41.8. The Labute approximate surface area is 119 Å². The molecule has 0 aromatic heterocycles. The van der Waals surface area contributed by atoms with Crippen LogP contribution < -0.4 is 5.43 Å². The second-order valence-electron chi connectivity index (χ2n) is 3.98. The molecule has 0 saturated heterocycles. The molecule has 21 heavy (non-hydrogen) atoms. The fourth-order valence-electron chi connectivity index (χ4n) is 1.29. The number of anilines is 1. The van der Waals surface area contributed by atoms with Gasteiger partial charge in [-0.3, -0.25) is 10.8 Å². The molecule has 0 saturated carbocycles. The minimum Gasteiger partial charge on any atom is -0.461 e. The Morgan fingerprint density at radius 3 is 2.38 bits per heavy atom. The van der Waals surface area contributed by atoms with Crippen LogP contribution >= 0.6 is 0 Å². The molecule has 8 heteroatoms. The highest BCUT2D eigenvalue weighted by Crippen LogP contribution is 2.29. The van der Waals surface area contributed by atoms with Gasteiger partial charge in [0.05, 0.1) is 23.6 Å². The summed E-state index contributed by atoms with van der Waals surface area (Å²) in [5, 5.41) is 11.2. The highest BCUT2D eigenvalue weighted by molar-refractivity contribution is 6.64. The van der Waals surface area contributed by atoms with Crippen molar-refractivity contribution in [1.29, 1.82) is 5.41 Å². The van der Waals surface area contributed by atoms with Gasteiger partial charge in [-0.15, -0.1) is 0 Å². The second-order valence-corrected chi connectivity index (χ2v) is 3.98. The lowest BCUT2D eigenvalue weighted by Crippen LogP contribution is -2.24. The van der Waals surface area contributed by atoms with Crippen molar-refractivity contribution < 1.29 is 22.7 Å². The van der Waals surface area contributed by atoms with Crippen molar-refractivity contribution in [1.82, 2.24) is 0 Å². The normalized spacial score (nSPS) is 12.0. The summed E-state index contributed by atoms with van der Waals surface area (Å²) in [7, 11) is 0. The molecule has 0 bridgehead atoms. The molecule has 0 spiro atoms. The Kier molecular flexibility index (Phi) is 5.45. The van der Waals surface area contributed by atoms with E-state index < -0.39 is 23.4 Å². The lowest BCUT2D eigenvalue weighted by molar-refractivity contribution is -0.137. The third-order valence-electron chi connectivity index (χ3n) is 2.41. The van der Waals surface area contributed by atoms with Gasteiger partial charge in [-0.05, 0) is 38.1 Å². The maximum atomic E-state index is 12.4. The van der Waals surface area contributed by atoms with Crippen molar-refractivity contribution in [2.75, 3.05) is 12.0 Å². The zero-order chi connectivity index (χ0) is 16.0. The molecule has 0 amide bonds. The average Bonchev–Trinajstić information content (AvgIpc) is 2.43.